The van der Waals surface area contributed by atoms with Gasteiger partial charge in [-0.3, -0.25) is 0 Å². The first-order valence-corrected chi connectivity index (χ1v) is 7.13. The van der Waals surface area contributed by atoms with E-state index in [1.54, 1.807) is 12.1 Å². The van der Waals surface area contributed by atoms with Crippen molar-refractivity contribution in [2.45, 2.75) is 4.90 Å². The van der Waals surface area contributed by atoms with Gasteiger partial charge in [0, 0.05) is 10.5 Å². The van der Waals surface area contributed by atoms with E-state index < -0.39 is 15.9 Å². The summed E-state index contributed by atoms with van der Waals surface area (Å²) in [5.41, 5.74) is 0. The lowest BCUT2D eigenvalue weighted by Crippen LogP contribution is -2.09. The zero-order chi connectivity index (χ0) is 13.2. The molecule has 0 bridgehead atoms. The Kier molecular flexibility index (Phi) is 3.68. The zero-order valence-electron chi connectivity index (χ0n) is 9.01. The molecule has 2 aromatic rings. The molecular formula is C12H8BrFO3S. The van der Waals surface area contributed by atoms with Crippen LogP contribution in [0.25, 0.3) is 0 Å². The molecule has 0 aliphatic carbocycles. The standard InChI is InChI=1S/C12H8BrFO3S/c13-9-4-6-12(7-5-9)18(15,16)17-11-3-1-2-10(14)8-11/h1-8H. The smallest absolute Gasteiger partial charge is 0.339 e. The van der Waals surface area contributed by atoms with Gasteiger partial charge in [-0.2, -0.15) is 8.42 Å². The summed E-state index contributed by atoms with van der Waals surface area (Å²) in [5, 5.41) is 0. The SMILES string of the molecule is O=S(=O)(Oc1cccc(F)c1)c1ccc(Br)cc1. The van der Waals surface area contributed by atoms with Crippen LogP contribution >= 0.6 is 15.9 Å². The van der Waals surface area contributed by atoms with Crippen molar-refractivity contribution in [1.82, 2.24) is 0 Å². The van der Waals surface area contributed by atoms with Crippen LogP contribution in [0, 0.1) is 5.82 Å². The first-order chi connectivity index (χ1) is 8.47. The summed E-state index contributed by atoms with van der Waals surface area (Å²) in [6, 6.07) is 10.9. The van der Waals surface area contributed by atoms with Crippen LogP contribution < -0.4 is 4.18 Å². The molecule has 6 heteroatoms. The predicted octanol–water partition coefficient (Wildman–Crippen LogP) is 3.36. The van der Waals surface area contributed by atoms with Gasteiger partial charge in [0.2, 0.25) is 0 Å². The third-order valence-corrected chi connectivity index (χ3v) is 3.89. The third kappa shape index (κ3) is 3.08. The van der Waals surface area contributed by atoms with Crippen LogP contribution in [0.3, 0.4) is 0 Å². The average Bonchev–Trinajstić information content (AvgIpc) is 2.29. The summed E-state index contributed by atoms with van der Waals surface area (Å²) in [6.07, 6.45) is 0. The maximum atomic E-state index is 12.9. The summed E-state index contributed by atoms with van der Waals surface area (Å²) >= 11 is 3.20. The topological polar surface area (TPSA) is 43.4 Å². The van der Waals surface area contributed by atoms with Crippen LogP contribution in [0.15, 0.2) is 57.9 Å². The summed E-state index contributed by atoms with van der Waals surface area (Å²) in [5.74, 6) is -0.614. The summed E-state index contributed by atoms with van der Waals surface area (Å²) in [4.78, 5) is 0.00922. The molecule has 94 valence electrons. The number of hydrogen-bond acceptors (Lipinski definition) is 3. The van der Waals surface area contributed by atoms with Crippen LogP contribution in [0.1, 0.15) is 0 Å². The highest BCUT2D eigenvalue weighted by atomic mass is 79.9. The van der Waals surface area contributed by atoms with Crippen molar-refractivity contribution in [3.63, 3.8) is 0 Å². The molecule has 0 saturated heterocycles. The normalized spacial score (nSPS) is 11.2. The highest BCUT2D eigenvalue weighted by molar-refractivity contribution is 9.10. The first-order valence-electron chi connectivity index (χ1n) is 4.93. The molecule has 0 radical (unpaired) electrons. The minimum atomic E-state index is -3.93. The molecule has 0 N–H and O–H groups in total. The van der Waals surface area contributed by atoms with Crippen LogP contribution in [0.5, 0.6) is 5.75 Å². The van der Waals surface area contributed by atoms with Gasteiger partial charge in [-0.25, -0.2) is 4.39 Å². The number of halogens is 2. The molecule has 0 saturated carbocycles. The second kappa shape index (κ2) is 5.07. The fourth-order valence-electron chi connectivity index (χ4n) is 1.29. The van der Waals surface area contributed by atoms with Crippen molar-refractivity contribution in [1.29, 1.82) is 0 Å². The maximum Gasteiger partial charge on any atom is 0.339 e. The number of rotatable bonds is 3. The van der Waals surface area contributed by atoms with Crippen molar-refractivity contribution >= 4 is 26.0 Å². The molecule has 2 rings (SSSR count). The van der Waals surface area contributed by atoms with Gasteiger partial charge in [-0.1, -0.05) is 22.0 Å². The monoisotopic (exact) mass is 330 g/mol. The van der Waals surface area contributed by atoms with Crippen molar-refractivity contribution < 1.29 is 17.0 Å². The Bertz CT molecular complexity index is 653. The van der Waals surface area contributed by atoms with Gasteiger partial charge >= 0.3 is 10.1 Å². The Morgan fingerprint density at radius 2 is 1.72 bits per heavy atom. The summed E-state index contributed by atoms with van der Waals surface area (Å²) in [7, 11) is -3.93. The first kappa shape index (κ1) is 13.0. The van der Waals surface area contributed by atoms with E-state index in [0.29, 0.717) is 0 Å². The van der Waals surface area contributed by atoms with Crippen molar-refractivity contribution in [2.75, 3.05) is 0 Å². The molecule has 3 nitrogen and oxygen atoms in total. The van der Waals surface area contributed by atoms with Crippen LogP contribution in [0.4, 0.5) is 4.39 Å². The van der Waals surface area contributed by atoms with E-state index >= 15 is 0 Å². The maximum absolute atomic E-state index is 12.9. The molecule has 0 amide bonds. The van der Waals surface area contributed by atoms with E-state index in [1.807, 2.05) is 0 Å². The summed E-state index contributed by atoms with van der Waals surface area (Å²) < 4.78 is 42.2. The van der Waals surface area contributed by atoms with E-state index in [4.69, 9.17) is 4.18 Å². The molecule has 18 heavy (non-hydrogen) atoms. The van der Waals surface area contributed by atoms with E-state index in [0.717, 1.165) is 10.5 Å². The highest BCUT2D eigenvalue weighted by Crippen LogP contribution is 2.20. The average molecular weight is 331 g/mol. The highest BCUT2D eigenvalue weighted by Gasteiger charge is 2.16. The second-order valence-electron chi connectivity index (χ2n) is 3.45. The molecule has 0 atom stereocenters. The lowest BCUT2D eigenvalue weighted by molar-refractivity contribution is 0.483. The molecule has 0 unspecified atom stereocenters. The molecule has 0 aliphatic heterocycles. The minimum Gasteiger partial charge on any atom is -0.379 e. The molecule has 0 aliphatic rings. The molecule has 0 aromatic heterocycles. The van der Waals surface area contributed by atoms with E-state index in [2.05, 4.69) is 15.9 Å². The Morgan fingerprint density at radius 3 is 2.33 bits per heavy atom. The van der Waals surface area contributed by atoms with Gasteiger partial charge in [0.1, 0.15) is 16.5 Å². The van der Waals surface area contributed by atoms with Gasteiger partial charge < -0.3 is 4.18 Å². The van der Waals surface area contributed by atoms with Crippen molar-refractivity contribution in [2.24, 2.45) is 0 Å². The van der Waals surface area contributed by atoms with Gasteiger partial charge in [-0.05, 0) is 36.4 Å². The quantitative estimate of drug-likeness (QED) is 0.810. The molecule has 2 aromatic carbocycles. The third-order valence-electron chi connectivity index (χ3n) is 2.10. The Labute approximate surface area is 112 Å². The van der Waals surface area contributed by atoms with Crippen LogP contribution in [-0.4, -0.2) is 8.42 Å². The van der Waals surface area contributed by atoms with Gasteiger partial charge in [0.15, 0.2) is 0 Å². The fraction of sp³-hybridized carbons (Fsp3) is 0. The van der Waals surface area contributed by atoms with Gasteiger partial charge in [0.05, 0.1) is 0 Å². The van der Waals surface area contributed by atoms with Crippen molar-refractivity contribution in [3.05, 3.63) is 58.8 Å². The van der Waals surface area contributed by atoms with Gasteiger partial charge in [0.25, 0.3) is 0 Å². The zero-order valence-corrected chi connectivity index (χ0v) is 11.4. The molecule has 0 heterocycles. The Hall–Kier alpha value is -1.40. The predicted molar refractivity (Wildman–Crippen MR) is 68.4 cm³/mol. The Balaban J connectivity index is 2.30. The number of hydrogen-bond donors (Lipinski definition) is 0. The molecule has 0 fully saturated rings. The molecule has 0 spiro atoms. The van der Waals surface area contributed by atoms with Crippen LogP contribution in [0.2, 0.25) is 0 Å². The lowest BCUT2D eigenvalue weighted by Gasteiger charge is -2.06. The molecular weight excluding hydrogens is 323 g/mol. The Morgan fingerprint density at radius 1 is 1.06 bits per heavy atom. The van der Waals surface area contributed by atoms with E-state index in [1.165, 1.54) is 30.3 Å². The van der Waals surface area contributed by atoms with E-state index in [-0.39, 0.29) is 10.6 Å². The largest absolute Gasteiger partial charge is 0.379 e. The summed E-state index contributed by atoms with van der Waals surface area (Å²) in [6.45, 7) is 0. The van der Waals surface area contributed by atoms with Crippen LogP contribution in [-0.2, 0) is 10.1 Å². The van der Waals surface area contributed by atoms with Gasteiger partial charge in [-0.15, -0.1) is 0 Å². The van der Waals surface area contributed by atoms with Crippen molar-refractivity contribution in [3.8, 4) is 5.75 Å². The fourth-order valence-corrected chi connectivity index (χ4v) is 2.48. The second-order valence-corrected chi connectivity index (χ2v) is 5.91. The lowest BCUT2D eigenvalue weighted by atomic mass is 10.3. The minimum absolute atomic E-state index is 0.00922. The van der Waals surface area contributed by atoms with E-state index in [9.17, 15) is 12.8 Å². The number of benzene rings is 2.